The Morgan fingerprint density at radius 2 is 2.14 bits per heavy atom. The van der Waals surface area contributed by atoms with Crippen molar-refractivity contribution in [2.75, 3.05) is 0 Å². The van der Waals surface area contributed by atoms with Gasteiger partial charge in [0.15, 0.2) is 0 Å². The van der Waals surface area contributed by atoms with Crippen LogP contribution in [0, 0.1) is 0 Å². The quantitative estimate of drug-likeness (QED) is 0.772. The predicted octanol–water partition coefficient (Wildman–Crippen LogP) is 4.21. The van der Waals surface area contributed by atoms with Crippen LogP contribution >= 0.6 is 0 Å². The van der Waals surface area contributed by atoms with Crippen molar-refractivity contribution in [1.29, 1.82) is 0 Å². The average Bonchev–Trinajstić information content (AvgIpc) is 3.00. The van der Waals surface area contributed by atoms with Gasteiger partial charge in [-0.25, -0.2) is 0 Å². The van der Waals surface area contributed by atoms with Gasteiger partial charge in [-0.1, -0.05) is 30.9 Å². The molecule has 1 atom stereocenters. The summed E-state index contributed by atoms with van der Waals surface area (Å²) in [5.74, 6) is 0. The molecule has 0 aliphatic rings. The first kappa shape index (κ1) is 15.3. The molecule has 2 rings (SSSR count). The molecular weight excluding hydrogens is 260 g/mol. The highest BCUT2D eigenvalue weighted by Gasteiger charge is 2.12. The molecule has 110 valence electrons. The minimum Gasteiger partial charge on any atom is -0.388 e. The number of aryl methyl sites for hydroxylation is 1. The fourth-order valence-corrected chi connectivity index (χ4v) is 2.48. The van der Waals surface area contributed by atoms with Crippen LogP contribution in [0.2, 0.25) is 0 Å². The van der Waals surface area contributed by atoms with Crippen LogP contribution in [0.5, 0.6) is 0 Å². The monoisotopic (exact) mass is 282 g/mol. The van der Waals surface area contributed by atoms with Gasteiger partial charge in [-0.15, -0.1) is 6.58 Å². The van der Waals surface area contributed by atoms with Crippen molar-refractivity contribution in [2.24, 2.45) is 0 Å². The molecule has 0 aliphatic carbocycles. The van der Waals surface area contributed by atoms with E-state index in [-0.39, 0.29) is 0 Å². The number of rotatable bonds is 7. The number of aromatic nitrogens is 2. The van der Waals surface area contributed by atoms with Crippen molar-refractivity contribution < 1.29 is 5.11 Å². The van der Waals surface area contributed by atoms with E-state index in [2.05, 4.69) is 31.2 Å². The van der Waals surface area contributed by atoms with Crippen LogP contribution in [0.3, 0.4) is 0 Å². The molecule has 0 saturated carbocycles. The Kier molecular flexibility index (Phi) is 5.12. The fraction of sp³-hybridized carbons (Fsp3) is 0.278. The van der Waals surface area contributed by atoms with Gasteiger partial charge in [-0.2, -0.15) is 5.10 Å². The highest BCUT2D eigenvalue weighted by atomic mass is 16.3. The van der Waals surface area contributed by atoms with E-state index in [4.69, 9.17) is 0 Å². The third-order valence-electron chi connectivity index (χ3n) is 3.62. The van der Waals surface area contributed by atoms with Crippen molar-refractivity contribution in [3.63, 3.8) is 0 Å². The molecule has 0 amide bonds. The van der Waals surface area contributed by atoms with Crippen molar-refractivity contribution >= 4 is 6.08 Å². The topological polar surface area (TPSA) is 38.1 Å². The zero-order valence-corrected chi connectivity index (χ0v) is 12.5. The summed E-state index contributed by atoms with van der Waals surface area (Å²) in [4.78, 5) is 0. The van der Waals surface area contributed by atoms with E-state index in [1.165, 1.54) is 0 Å². The number of allylic oxidation sites excluding steroid dienone is 1. The molecule has 1 N–H and O–H groups in total. The SMILES string of the molecule is C=CCCC(O)c1ccc(-c2ccnn2CC)cc1C=C. The molecule has 0 fully saturated rings. The number of nitrogens with zero attached hydrogens (tertiary/aromatic N) is 2. The minimum absolute atomic E-state index is 0.485. The predicted molar refractivity (Wildman–Crippen MR) is 87.8 cm³/mol. The Morgan fingerprint density at radius 3 is 2.81 bits per heavy atom. The van der Waals surface area contributed by atoms with Crippen molar-refractivity contribution in [2.45, 2.75) is 32.4 Å². The molecule has 0 spiro atoms. The second kappa shape index (κ2) is 7.04. The van der Waals surface area contributed by atoms with Gasteiger partial charge in [0, 0.05) is 18.3 Å². The smallest absolute Gasteiger partial charge is 0.0798 e. The molecule has 0 bridgehead atoms. The fourth-order valence-electron chi connectivity index (χ4n) is 2.48. The Balaban J connectivity index is 2.36. The molecule has 0 radical (unpaired) electrons. The number of aliphatic hydroxyl groups is 1. The van der Waals surface area contributed by atoms with E-state index >= 15 is 0 Å². The summed E-state index contributed by atoms with van der Waals surface area (Å²) < 4.78 is 1.95. The van der Waals surface area contributed by atoms with Gasteiger partial charge >= 0.3 is 0 Å². The summed E-state index contributed by atoms with van der Waals surface area (Å²) in [6.45, 7) is 10.5. The molecule has 3 nitrogen and oxygen atoms in total. The zero-order chi connectivity index (χ0) is 15.2. The molecule has 1 heterocycles. The highest BCUT2D eigenvalue weighted by molar-refractivity contribution is 5.66. The van der Waals surface area contributed by atoms with Gasteiger partial charge in [0.1, 0.15) is 0 Å². The van der Waals surface area contributed by atoms with Crippen LogP contribution in [-0.2, 0) is 6.54 Å². The van der Waals surface area contributed by atoms with E-state index < -0.39 is 6.10 Å². The van der Waals surface area contributed by atoms with Crippen LogP contribution in [-0.4, -0.2) is 14.9 Å². The first-order valence-corrected chi connectivity index (χ1v) is 7.28. The summed E-state index contributed by atoms with van der Waals surface area (Å²) in [5.41, 5.74) is 4.04. The molecule has 1 aromatic carbocycles. The lowest BCUT2D eigenvalue weighted by Gasteiger charge is -2.15. The van der Waals surface area contributed by atoms with Crippen LogP contribution in [0.25, 0.3) is 17.3 Å². The first-order chi connectivity index (χ1) is 10.2. The lowest BCUT2D eigenvalue weighted by Crippen LogP contribution is -2.02. The molecule has 3 heteroatoms. The lowest BCUT2D eigenvalue weighted by molar-refractivity contribution is 0.168. The third-order valence-corrected chi connectivity index (χ3v) is 3.62. The summed E-state index contributed by atoms with van der Waals surface area (Å²) >= 11 is 0. The first-order valence-electron chi connectivity index (χ1n) is 7.28. The van der Waals surface area contributed by atoms with Gasteiger partial charge in [0.25, 0.3) is 0 Å². The van der Waals surface area contributed by atoms with Crippen LogP contribution in [0.1, 0.15) is 37.0 Å². The summed E-state index contributed by atoms with van der Waals surface area (Å²) in [6, 6.07) is 8.07. The number of benzene rings is 1. The van der Waals surface area contributed by atoms with Crippen LogP contribution in [0.4, 0.5) is 0 Å². The zero-order valence-electron chi connectivity index (χ0n) is 12.5. The Labute approximate surface area is 126 Å². The minimum atomic E-state index is -0.485. The van der Waals surface area contributed by atoms with E-state index in [0.717, 1.165) is 35.3 Å². The Hall–Kier alpha value is -2.13. The molecule has 1 unspecified atom stereocenters. The molecule has 0 saturated heterocycles. The van der Waals surface area contributed by atoms with E-state index in [9.17, 15) is 5.11 Å². The molecule has 1 aromatic heterocycles. The summed E-state index contributed by atoms with van der Waals surface area (Å²) in [5, 5.41) is 14.6. The number of hydrogen-bond donors (Lipinski definition) is 1. The summed E-state index contributed by atoms with van der Waals surface area (Å²) in [7, 11) is 0. The van der Waals surface area contributed by atoms with Gasteiger partial charge < -0.3 is 5.11 Å². The molecule has 21 heavy (non-hydrogen) atoms. The van der Waals surface area contributed by atoms with Crippen LogP contribution < -0.4 is 0 Å². The Morgan fingerprint density at radius 1 is 1.33 bits per heavy atom. The van der Waals surface area contributed by atoms with Gasteiger partial charge in [0.2, 0.25) is 0 Å². The van der Waals surface area contributed by atoms with Gasteiger partial charge in [0.05, 0.1) is 11.8 Å². The average molecular weight is 282 g/mol. The van der Waals surface area contributed by atoms with Crippen molar-refractivity contribution in [3.8, 4) is 11.3 Å². The van der Waals surface area contributed by atoms with E-state index in [0.29, 0.717) is 6.42 Å². The lowest BCUT2D eigenvalue weighted by atomic mass is 9.96. The second-order valence-electron chi connectivity index (χ2n) is 4.96. The largest absolute Gasteiger partial charge is 0.388 e. The second-order valence-corrected chi connectivity index (χ2v) is 4.96. The molecule has 0 aliphatic heterocycles. The highest BCUT2D eigenvalue weighted by Crippen LogP contribution is 2.28. The normalized spacial score (nSPS) is 12.1. The Bertz CT molecular complexity index is 628. The maximum Gasteiger partial charge on any atom is 0.0798 e. The van der Waals surface area contributed by atoms with Crippen molar-refractivity contribution in [1.82, 2.24) is 9.78 Å². The maximum absolute atomic E-state index is 10.3. The molecular formula is C18H22N2O. The molecule has 2 aromatic rings. The van der Waals surface area contributed by atoms with Gasteiger partial charge in [-0.3, -0.25) is 4.68 Å². The van der Waals surface area contributed by atoms with Crippen molar-refractivity contribution in [3.05, 3.63) is 60.8 Å². The van der Waals surface area contributed by atoms with E-state index in [1.54, 1.807) is 12.3 Å². The third kappa shape index (κ3) is 3.31. The summed E-state index contributed by atoms with van der Waals surface area (Å²) in [6.07, 6.45) is 6.41. The number of aliphatic hydroxyl groups excluding tert-OH is 1. The van der Waals surface area contributed by atoms with Gasteiger partial charge in [-0.05, 0) is 43.0 Å². The van der Waals surface area contributed by atoms with E-state index in [1.807, 2.05) is 29.0 Å². The van der Waals surface area contributed by atoms with Crippen LogP contribution in [0.15, 0.2) is 49.7 Å². The standard InChI is InChI=1S/C18H22N2O/c1-4-7-8-18(21)16-10-9-15(13-14(16)5-2)17-11-12-19-20(17)6-3/h4-5,9-13,18,21H,1-2,6-8H2,3H3. The maximum atomic E-state index is 10.3. The number of hydrogen-bond acceptors (Lipinski definition) is 2.